The van der Waals surface area contributed by atoms with Gasteiger partial charge in [0.1, 0.15) is 0 Å². The van der Waals surface area contributed by atoms with Crippen molar-refractivity contribution in [2.45, 2.75) is 18.6 Å². The maximum absolute atomic E-state index is 12.3. The molecule has 1 atom stereocenters. The van der Waals surface area contributed by atoms with Gasteiger partial charge in [0.15, 0.2) is 18.1 Å². The summed E-state index contributed by atoms with van der Waals surface area (Å²) in [5.74, 6) is -0.212. The molecule has 9 heteroatoms. The zero-order chi connectivity index (χ0) is 17.6. The van der Waals surface area contributed by atoms with Crippen molar-refractivity contribution < 1.29 is 32.2 Å². The molecule has 1 aromatic carbocycles. The van der Waals surface area contributed by atoms with Gasteiger partial charge in [0.2, 0.25) is 5.91 Å². The molecule has 1 aliphatic rings. The fourth-order valence-corrected chi connectivity index (χ4v) is 2.21. The highest BCUT2D eigenvalue weighted by Gasteiger charge is 2.29. The Labute approximate surface area is 137 Å². The lowest BCUT2D eigenvalue weighted by atomic mass is 10.2. The number of morpholine rings is 1. The molecule has 6 nitrogen and oxygen atoms in total. The molecule has 1 aliphatic heterocycles. The van der Waals surface area contributed by atoms with Crippen molar-refractivity contribution in [3.05, 3.63) is 18.2 Å². The Morgan fingerprint density at radius 2 is 2.21 bits per heavy atom. The van der Waals surface area contributed by atoms with Gasteiger partial charge in [0.05, 0.1) is 20.3 Å². The number of hydrogen-bond acceptors (Lipinski definition) is 5. The lowest BCUT2D eigenvalue weighted by molar-refractivity contribution is -0.153. The summed E-state index contributed by atoms with van der Waals surface area (Å²) in [4.78, 5) is 12.0. The Balaban J connectivity index is 1.97. The van der Waals surface area contributed by atoms with Gasteiger partial charge in [-0.1, -0.05) is 0 Å². The molecule has 0 spiro atoms. The summed E-state index contributed by atoms with van der Waals surface area (Å²) in [7, 11) is 1.32. The molecule has 2 rings (SSSR count). The maximum Gasteiger partial charge on any atom is 0.422 e. The first-order chi connectivity index (χ1) is 11.4. The average Bonchev–Trinajstić information content (AvgIpc) is 2.53. The summed E-state index contributed by atoms with van der Waals surface area (Å²) in [6, 6.07) is 4.18. The Kier molecular flexibility index (Phi) is 6.27. The van der Waals surface area contributed by atoms with Crippen LogP contribution in [0, 0.1) is 0 Å². The van der Waals surface area contributed by atoms with E-state index < -0.39 is 12.8 Å². The summed E-state index contributed by atoms with van der Waals surface area (Å²) >= 11 is 0. The van der Waals surface area contributed by atoms with Gasteiger partial charge >= 0.3 is 6.18 Å². The van der Waals surface area contributed by atoms with Crippen LogP contribution in [0.1, 0.15) is 6.42 Å². The molecule has 0 bridgehead atoms. The molecular weight excluding hydrogens is 329 g/mol. The number of rotatable bonds is 6. The van der Waals surface area contributed by atoms with Crippen LogP contribution < -0.4 is 20.1 Å². The van der Waals surface area contributed by atoms with Crippen LogP contribution in [0.3, 0.4) is 0 Å². The predicted octanol–water partition coefficient (Wildman–Crippen LogP) is 1.95. The molecule has 134 valence electrons. The van der Waals surface area contributed by atoms with E-state index in [1.165, 1.54) is 25.3 Å². The lowest BCUT2D eigenvalue weighted by Crippen LogP contribution is -2.43. The number of carbonyl (C=O) groups excluding carboxylic acids is 1. The number of amides is 1. The average molecular weight is 348 g/mol. The molecule has 0 radical (unpaired) electrons. The third-order valence-corrected chi connectivity index (χ3v) is 3.27. The molecule has 2 N–H and O–H groups in total. The van der Waals surface area contributed by atoms with Gasteiger partial charge in [0, 0.05) is 30.8 Å². The summed E-state index contributed by atoms with van der Waals surface area (Å²) in [6.45, 7) is 0.284. The number of carbonyl (C=O) groups is 1. The number of ether oxygens (including phenoxy) is 3. The van der Waals surface area contributed by atoms with Crippen molar-refractivity contribution in [1.82, 2.24) is 5.32 Å². The lowest BCUT2D eigenvalue weighted by Gasteiger charge is -2.23. The molecule has 0 saturated carbocycles. The fraction of sp³-hybridized carbons (Fsp3) is 0.533. The van der Waals surface area contributed by atoms with Crippen molar-refractivity contribution in [2.24, 2.45) is 0 Å². The standard InChI is InChI=1S/C15H19F3N2O4/c1-22-12-3-2-10(6-13(12)24-9-15(16,17)18)20-14(21)7-11-8-23-5-4-19-11/h2-3,6,11,19H,4-5,7-9H2,1H3,(H,20,21). The second-order valence-electron chi connectivity index (χ2n) is 5.25. The summed E-state index contributed by atoms with van der Waals surface area (Å²) < 4.78 is 51.8. The number of benzene rings is 1. The molecule has 0 aliphatic carbocycles. The number of hydrogen-bond donors (Lipinski definition) is 2. The van der Waals surface area contributed by atoms with Gasteiger partial charge in [-0.25, -0.2) is 0 Å². The first-order valence-electron chi connectivity index (χ1n) is 7.36. The van der Waals surface area contributed by atoms with Crippen LogP contribution in [-0.2, 0) is 9.53 Å². The summed E-state index contributed by atoms with van der Waals surface area (Å²) in [5.41, 5.74) is 0.328. The molecule has 1 aromatic rings. The van der Waals surface area contributed by atoms with Gasteiger partial charge in [-0.2, -0.15) is 13.2 Å². The smallest absolute Gasteiger partial charge is 0.422 e. The van der Waals surface area contributed by atoms with Crippen molar-refractivity contribution in [1.29, 1.82) is 0 Å². The van der Waals surface area contributed by atoms with Crippen LogP contribution in [-0.4, -0.2) is 51.6 Å². The minimum atomic E-state index is -4.46. The normalized spacial score (nSPS) is 18.1. The zero-order valence-electron chi connectivity index (χ0n) is 13.1. The third-order valence-electron chi connectivity index (χ3n) is 3.27. The number of methoxy groups -OCH3 is 1. The van der Waals surface area contributed by atoms with E-state index in [2.05, 4.69) is 10.6 Å². The fourth-order valence-electron chi connectivity index (χ4n) is 2.21. The minimum absolute atomic E-state index is 0.0852. The maximum atomic E-state index is 12.3. The van der Waals surface area contributed by atoms with Gasteiger partial charge in [-0.3, -0.25) is 4.79 Å². The van der Waals surface area contributed by atoms with E-state index in [1.54, 1.807) is 0 Å². The molecule has 0 aromatic heterocycles. The van der Waals surface area contributed by atoms with Gasteiger partial charge in [-0.15, -0.1) is 0 Å². The number of halogens is 3. The topological polar surface area (TPSA) is 68.8 Å². The SMILES string of the molecule is COc1ccc(NC(=O)CC2COCCN2)cc1OCC(F)(F)F. The number of anilines is 1. The predicted molar refractivity (Wildman–Crippen MR) is 80.4 cm³/mol. The van der Waals surface area contributed by atoms with E-state index in [-0.39, 0.29) is 29.9 Å². The quantitative estimate of drug-likeness (QED) is 0.823. The van der Waals surface area contributed by atoms with Crippen LogP contribution >= 0.6 is 0 Å². The number of alkyl halides is 3. The highest BCUT2D eigenvalue weighted by atomic mass is 19.4. The van der Waals surface area contributed by atoms with Crippen LogP contribution in [0.4, 0.5) is 18.9 Å². The largest absolute Gasteiger partial charge is 0.493 e. The second kappa shape index (κ2) is 8.20. The number of nitrogens with one attached hydrogen (secondary N) is 2. The molecule has 1 saturated heterocycles. The molecule has 1 heterocycles. The Morgan fingerprint density at radius 1 is 1.42 bits per heavy atom. The first-order valence-corrected chi connectivity index (χ1v) is 7.36. The van der Waals surface area contributed by atoms with E-state index in [4.69, 9.17) is 14.2 Å². The Morgan fingerprint density at radius 3 is 2.83 bits per heavy atom. The minimum Gasteiger partial charge on any atom is -0.493 e. The van der Waals surface area contributed by atoms with Crippen molar-refractivity contribution in [3.63, 3.8) is 0 Å². The van der Waals surface area contributed by atoms with Gasteiger partial charge in [0.25, 0.3) is 0 Å². The Hall–Kier alpha value is -2.00. The van der Waals surface area contributed by atoms with E-state index in [1.807, 2.05) is 0 Å². The molecule has 1 unspecified atom stereocenters. The molecule has 24 heavy (non-hydrogen) atoms. The van der Waals surface area contributed by atoms with Crippen LogP contribution in [0.15, 0.2) is 18.2 Å². The van der Waals surface area contributed by atoms with E-state index >= 15 is 0 Å². The van der Waals surface area contributed by atoms with Crippen LogP contribution in [0.25, 0.3) is 0 Å². The summed E-state index contributed by atoms with van der Waals surface area (Å²) in [5, 5.41) is 5.77. The second-order valence-corrected chi connectivity index (χ2v) is 5.25. The van der Waals surface area contributed by atoms with E-state index in [0.29, 0.717) is 25.4 Å². The van der Waals surface area contributed by atoms with Crippen molar-refractivity contribution in [2.75, 3.05) is 38.8 Å². The molecular formula is C15H19F3N2O4. The highest BCUT2D eigenvalue weighted by molar-refractivity contribution is 5.91. The third kappa shape index (κ3) is 5.89. The summed E-state index contributed by atoms with van der Waals surface area (Å²) in [6.07, 6.45) is -4.26. The van der Waals surface area contributed by atoms with Gasteiger partial charge < -0.3 is 24.8 Å². The van der Waals surface area contributed by atoms with E-state index in [0.717, 1.165) is 0 Å². The van der Waals surface area contributed by atoms with Crippen LogP contribution in [0.2, 0.25) is 0 Å². The monoisotopic (exact) mass is 348 g/mol. The molecule has 1 amide bonds. The zero-order valence-corrected chi connectivity index (χ0v) is 13.1. The highest BCUT2D eigenvalue weighted by Crippen LogP contribution is 2.31. The van der Waals surface area contributed by atoms with Crippen LogP contribution in [0.5, 0.6) is 11.5 Å². The first kappa shape index (κ1) is 18.3. The van der Waals surface area contributed by atoms with Gasteiger partial charge in [-0.05, 0) is 12.1 Å². The molecule has 1 fully saturated rings. The van der Waals surface area contributed by atoms with Crippen molar-refractivity contribution >= 4 is 11.6 Å². The van der Waals surface area contributed by atoms with E-state index in [9.17, 15) is 18.0 Å². The van der Waals surface area contributed by atoms with Crippen molar-refractivity contribution in [3.8, 4) is 11.5 Å². The Bertz CT molecular complexity index is 560.